The zero-order valence-corrected chi connectivity index (χ0v) is 14.2. The molecule has 3 rings (SSSR count). The molecule has 1 saturated carbocycles. The Balaban J connectivity index is 1.59. The lowest BCUT2D eigenvalue weighted by atomic mass is 10.2. The number of aromatic nitrogens is 1. The summed E-state index contributed by atoms with van der Waals surface area (Å²) >= 11 is 1.89. The van der Waals surface area contributed by atoms with Crippen LogP contribution in [0.1, 0.15) is 36.8 Å². The van der Waals surface area contributed by atoms with Gasteiger partial charge in [0.1, 0.15) is 0 Å². The van der Waals surface area contributed by atoms with Crippen LogP contribution in [0.2, 0.25) is 0 Å². The zero-order chi connectivity index (χ0) is 14.7. The van der Waals surface area contributed by atoms with Gasteiger partial charge in [0.05, 0.1) is 5.69 Å². The molecule has 0 radical (unpaired) electrons. The molecule has 2 heterocycles. The van der Waals surface area contributed by atoms with Crippen molar-refractivity contribution in [3.05, 3.63) is 10.6 Å². The third-order valence-corrected chi connectivity index (χ3v) is 5.61. The number of piperazine rings is 1. The maximum Gasteiger partial charge on any atom is 0.185 e. The van der Waals surface area contributed by atoms with Crippen LogP contribution in [0.5, 0.6) is 0 Å². The molecule has 1 aromatic heterocycles. The van der Waals surface area contributed by atoms with Crippen LogP contribution in [0.3, 0.4) is 0 Å². The summed E-state index contributed by atoms with van der Waals surface area (Å²) < 4.78 is 0. The number of nitrogens with zero attached hydrogens (tertiary/aromatic N) is 3. The molecule has 1 aliphatic carbocycles. The second-order valence-electron chi connectivity index (χ2n) is 6.38. The average molecular weight is 308 g/mol. The maximum absolute atomic E-state index is 4.93. The molecule has 4 nitrogen and oxygen atoms in total. The van der Waals surface area contributed by atoms with E-state index in [2.05, 4.69) is 22.0 Å². The predicted molar refractivity (Wildman–Crippen MR) is 90.2 cm³/mol. The lowest BCUT2D eigenvalue weighted by Gasteiger charge is -2.34. The molecule has 0 unspecified atom stereocenters. The van der Waals surface area contributed by atoms with Crippen molar-refractivity contribution in [3.63, 3.8) is 0 Å². The number of thiazole rings is 1. The van der Waals surface area contributed by atoms with E-state index in [1.807, 2.05) is 18.4 Å². The third kappa shape index (κ3) is 3.96. The molecule has 0 aromatic carbocycles. The normalized spacial score (nSPS) is 20.2. The minimum Gasteiger partial charge on any atom is -0.346 e. The minimum atomic E-state index is 0.953. The number of nitrogens with one attached hydrogen (secondary N) is 1. The SMILES string of the molecule is CCCc1nc(N2CCN(CC3CC3)CC2)sc1CNC. The van der Waals surface area contributed by atoms with E-state index in [1.54, 1.807) is 0 Å². The molecule has 118 valence electrons. The summed E-state index contributed by atoms with van der Waals surface area (Å²) in [5.41, 5.74) is 1.31. The monoisotopic (exact) mass is 308 g/mol. The summed E-state index contributed by atoms with van der Waals surface area (Å²) in [7, 11) is 2.02. The summed E-state index contributed by atoms with van der Waals surface area (Å²) in [6, 6.07) is 0. The summed E-state index contributed by atoms with van der Waals surface area (Å²) in [4.78, 5) is 11.5. The highest BCUT2D eigenvalue weighted by Crippen LogP contribution is 2.31. The van der Waals surface area contributed by atoms with Crippen molar-refractivity contribution in [2.45, 2.75) is 39.2 Å². The molecule has 1 saturated heterocycles. The maximum atomic E-state index is 4.93. The Hall–Kier alpha value is -0.650. The number of aryl methyl sites for hydroxylation is 1. The lowest BCUT2D eigenvalue weighted by Crippen LogP contribution is -2.47. The van der Waals surface area contributed by atoms with Crippen LogP contribution in [-0.4, -0.2) is 49.7 Å². The molecule has 0 amide bonds. The molecular weight excluding hydrogens is 280 g/mol. The number of anilines is 1. The van der Waals surface area contributed by atoms with Crippen molar-refractivity contribution in [2.75, 3.05) is 44.7 Å². The molecule has 1 N–H and O–H groups in total. The van der Waals surface area contributed by atoms with Gasteiger partial charge < -0.3 is 10.2 Å². The van der Waals surface area contributed by atoms with E-state index in [0.29, 0.717) is 0 Å². The van der Waals surface area contributed by atoms with E-state index >= 15 is 0 Å². The topological polar surface area (TPSA) is 31.4 Å². The highest BCUT2D eigenvalue weighted by Gasteiger charge is 2.27. The Morgan fingerprint density at radius 3 is 2.62 bits per heavy atom. The van der Waals surface area contributed by atoms with Crippen molar-refractivity contribution >= 4 is 16.5 Å². The van der Waals surface area contributed by atoms with Crippen LogP contribution in [0, 0.1) is 5.92 Å². The van der Waals surface area contributed by atoms with Crippen molar-refractivity contribution in [1.29, 1.82) is 0 Å². The zero-order valence-electron chi connectivity index (χ0n) is 13.4. The Bertz CT molecular complexity index is 424. The number of rotatable bonds is 7. The van der Waals surface area contributed by atoms with Gasteiger partial charge in [-0.25, -0.2) is 4.98 Å². The van der Waals surface area contributed by atoms with Gasteiger partial charge in [-0.1, -0.05) is 13.3 Å². The van der Waals surface area contributed by atoms with E-state index in [0.717, 1.165) is 32.0 Å². The fraction of sp³-hybridized carbons (Fsp3) is 0.812. The van der Waals surface area contributed by atoms with Gasteiger partial charge in [-0.3, -0.25) is 4.90 Å². The van der Waals surface area contributed by atoms with Crippen LogP contribution in [-0.2, 0) is 13.0 Å². The summed E-state index contributed by atoms with van der Waals surface area (Å²) in [6.45, 7) is 9.22. The molecule has 0 bridgehead atoms. The minimum absolute atomic E-state index is 0.953. The number of hydrogen-bond acceptors (Lipinski definition) is 5. The Morgan fingerprint density at radius 1 is 1.24 bits per heavy atom. The van der Waals surface area contributed by atoms with E-state index in [1.165, 1.54) is 54.6 Å². The Morgan fingerprint density at radius 2 is 2.00 bits per heavy atom. The fourth-order valence-corrected chi connectivity index (χ4v) is 4.19. The molecule has 21 heavy (non-hydrogen) atoms. The van der Waals surface area contributed by atoms with Crippen LogP contribution in [0.15, 0.2) is 0 Å². The van der Waals surface area contributed by atoms with Gasteiger partial charge in [0.15, 0.2) is 5.13 Å². The van der Waals surface area contributed by atoms with E-state index in [-0.39, 0.29) is 0 Å². The summed E-state index contributed by atoms with van der Waals surface area (Å²) in [5.74, 6) is 1.01. The van der Waals surface area contributed by atoms with Gasteiger partial charge in [0.2, 0.25) is 0 Å². The Kier molecular flexibility index (Phi) is 5.14. The van der Waals surface area contributed by atoms with Gasteiger partial charge >= 0.3 is 0 Å². The van der Waals surface area contributed by atoms with Crippen molar-refractivity contribution in [3.8, 4) is 0 Å². The first kappa shape index (κ1) is 15.3. The van der Waals surface area contributed by atoms with Crippen LogP contribution in [0.25, 0.3) is 0 Å². The smallest absolute Gasteiger partial charge is 0.185 e. The van der Waals surface area contributed by atoms with Gasteiger partial charge in [0.25, 0.3) is 0 Å². The second kappa shape index (κ2) is 7.07. The second-order valence-corrected chi connectivity index (χ2v) is 7.44. The largest absolute Gasteiger partial charge is 0.346 e. The predicted octanol–water partition coefficient (Wildman–Crippen LogP) is 2.35. The quantitative estimate of drug-likeness (QED) is 0.838. The van der Waals surface area contributed by atoms with Crippen LogP contribution in [0.4, 0.5) is 5.13 Å². The standard InChI is InChI=1S/C16H28N4S/c1-3-4-14-15(11-17-2)21-16(18-14)20-9-7-19(8-10-20)12-13-5-6-13/h13,17H,3-12H2,1-2H3. The van der Waals surface area contributed by atoms with Crippen LogP contribution >= 0.6 is 11.3 Å². The fourth-order valence-electron chi connectivity index (χ4n) is 3.02. The third-order valence-electron chi connectivity index (χ3n) is 4.45. The van der Waals surface area contributed by atoms with Gasteiger partial charge in [0, 0.05) is 44.1 Å². The summed E-state index contributed by atoms with van der Waals surface area (Å²) in [6.07, 6.45) is 5.20. The molecule has 1 aromatic rings. The average Bonchev–Trinajstić information content (AvgIpc) is 3.22. The highest BCUT2D eigenvalue weighted by molar-refractivity contribution is 7.15. The Labute approximate surface area is 132 Å². The van der Waals surface area contributed by atoms with Crippen molar-refractivity contribution < 1.29 is 0 Å². The van der Waals surface area contributed by atoms with Crippen molar-refractivity contribution in [1.82, 2.24) is 15.2 Å². The molecule has 5 heteroatoms. The first-order valence-electron chi connectivity index (χ1n) is 8.40. The summed E-state index contributed by atoms with van der Waals surface area (Å²) in [5, 5.41) is 4.52. The van der Waals surface area contributed by atoms with E-state index < -0.39 is 0 Å². The molecular formula is C16H28N4S. The van der Waals surface area contributed by atoms with E-state index in [9.17, 15) is 0 Å². The van der Waals surface area contributed by atoms with Crippen LogP contribution < -0.4 is 10.2 Å². The molecule has 0 atom stereocenters. The first-order chi connectivity index (χ1) is 10.3. The molecule has 0 spiro atoms. The van der Waals surface area contributed by atoms with Gasteiger partial charge in [-0.15, -0.1) is 11.3 Å². The van der Waals surface area contributed by atoms with Gasteiger partial charge in [-0.05, 0) is 32.2 Å². The lowest BCUT2D eigenvalue weighted by molar-refractivity contribution is 0.248. The molecule has 2 fully saturated rings. The molecule has 1 aliphatic heterocycles. The first-order valence-corrected chi connectivity index (χ1v) is 9.22. The number of hydrogen-bond donors (Lipinski definition) is 1. The van der Waals surface area contributed by atoms with Crippen molar-refractivity contribution in [2.24, 2.45) is 5.92 Å². The highest BCUT2D eigenvalue weighted by atomic mass is 32.1. The molecule has 2 aliphatic rings. The van der Waals surface area contributed by atoms with E-state index in [4.69, 9.17) is 4.98 Å². The van der Waals surface area contributed by atoms with Gasteiger partial charge in [-0.2, -0.15) is 0 Å².